The number of hydrogen-bond acceptors (Lipinski definition) is 5. The Labute approximate surface area is 133 Å². The normalized spacial score (nSPS) is 18.0. The summed E-state index contributed by atoms with van der Waals surface area (Å²) in [5, 5.41) is 5.84. The summed E-state index contributed by atoms with van der Waals surface area (Å²) in [7, 11) is 1.54. The van der Waals surface area contributed by atoms with E-state index in [1.807, 2.05) is 10.3 Å². The molecule has 3 heterocycles. The Balaban J connectivity index is 1.77. The van der Waals surface area contributed by atoms with E-state index in [-0.39, 0.29) is 12.1 Å². The number of thiazole rings is 1. The average molecular weight is 318 g/mol. The van der Waals surface area contributed by atoms with Gasteiger partial charge in [0.05, 0.1) is 13.2 Å². The van der Waals surface area contributed by atoms with E-state index in [0.717, 1.165) is 30.8 Å². The number of urea groups is 1. The van der Waals surface area contributed by atoms with E-state index in [0.29, 0.717) is 11.6 Å². The first-order chi connectivity index (χ1) is 10.8. The van der Waals surface area contributed by atoms with E-state index in [1.54, 1.807) is 35.9 Å². The second-order valence-electron chi connectivity index (χ2n) is 5.07. The lowest BCUT2D eigenvalue weighted by Gasteiger charge is -2.34. The van der Waals surface area contributed by atoms with Gasteiger partial charge in [-0.1, -0.05) is 0 Å². The van der Waals surface area contributed by atoms with Gasteiger partial charge >= 0.3 is 6.03 Å². The number of likely N-dealkylation sites (tertiary alicyclic amines) is 1. The second-order valence-corrected chi connectivity index (χ2v) is 5.99. The van der Waals surface area contributed by atoms with Gasteiger partial charge in [-0.25, -0.2) is 14.8 Å². The molecule has 0 spiro atoms. The third-order valence-corrected chi connectivity index (χ3v) is 4.58. The Bertz CT molecular complexity index is 632. The number of rotatable bonds is 3. The number of ether oxygens (including phenoxy) is 1. The highest BCUT2D eigenvalue weighted by Crippen LogP contribution is 2.33. The highest BCUT2D eigenvalue weighted by Gasteiger charge is 2.30. The minimum Gasteiger partial charge on any atom is -0.480 e. The Morgan fingerprint density at radius 3 is 3.09 bits per heavy atom. The highest BCUT2D eigenvalue weighted by molar-refractivity contribution is 7.09. The van der Waals surface area contributed by atoms with Gasteiger partial charge in [-0.2, -0.15) is 0 Å². The second kappa shape index (κ2) is 6.74. The van der Waals surface area contributed by atoms with E-state index < -0.39 is 0 Å². The van der Waals surface area contributed by atoms with Crippen molar-refractivity contribution in [3.63, 3.8) is 0 Å². The molecule has 0 radical (unpaired) electrons. The monoisotopic (exact) mass is 318 g/mol. The standard InChI is InChI=1S/C15H18N4O2S/c1-21-13-11(5-4-7-16-13)18-15(20)19-9-3-2-6-12(19)14-17-8-10-22-14/h4-5,7-8,10,12H,2-3,6,9H2,1H3,(H,18,20). The third kappa shape index (κ3) is 3.04. The lowest BCUT2D eigenvalue weighted by Crippen LogP contribution is -2.41. The molecule has 0 aromatic carbocycles. The van der Waals surface area contributed by atoms with Crippen LogP contribution < -0.4 is 10.1 Å². The number of methoxy groups -OCH3 is 1. The first kappa shape index (κ1) is 14.8. The topological polar surface area (TPSA) is 67.3 Å². The zero-order valence-electron chi connectivity index (χ0n) is 12.4. The van der Waals surface area contributed by atoms with Crippen molar-refractivity contribution in [2.45, 2.75) is 25.3 Å². The molecule has 1 atom stereocenters. The Hall–Kier alpha value is -2.15. The SMILES string of the molecule is COc1ncccc1NC(=O)N1CCCCC1c1nccs1. The minimum atomic E-state index is -0.133. The van der Waals surface area contributed by atoms with Crippen LogP contribution in [-0.4, -0.2) is 34.6 Å². The number of hydrogen-bond donors (Lipinski definition) is 1. The number of amides is 2. The van der Waals surface area contributed by atoms with Gasteiger partial charge in [0.25, 0.3) is 0 Å². The summed E-state index contributed by atoms with van der Waals surface area (Å²) in [5.41, 5.74) is 0.582. The predicted molar refractivity (Wildman–Crippen MR) is 85.2 cm³/mol. The quantitative estimate of drug-likeness (QED) is 0.943. The van der Waals surface area contributed by atoms with Crippen molar-refractivity contribution >= 4 is 23.1 Å². The molecule has 1 N–H and O–H groups in total. The molecule has 0 bridgehead atoms. The van der Waals surface area contributed by atoms with Crippen molar-refractivity contribution in [3.8, 4) is 5.88 Å². The summed E-state index contributed by atoms with van der Waals surface area (Å²) in [4.78, 5) is 23.0. The molecule has 0 saturated carbocycles. The van der Waals surface area contributed by atoms with Gasteiger partial charge in [-0.15, -0.1) is 11.3 Å². The van der Waals surface area contributed by atoms with Crippen molar-refractivity contribution < 1.29 is 9.53 Å². The molecular weight excluding hydrogens is 300 g/mol. The average Bonchev–Trinajstić information content (AvgIpc) is 3.09. The number of carbonyl (C=O) groups is 1. The van der Waals surface area contributed by atoms with E-state index in [4.69, 9.17) is 4.74 Å². The molecule has 1 unspecified atom stereocenters. The van der Waals surface area contributed by atoms with Crippen LogP contribution in [0, 0.1) is 0 Å². The molecule has 1 aliphatic rings. The molecule has 2 aromatic heterocycles. The van der Waals surface area contributed by atoms with Crippen LogP contribution in [0.4, 0.5) is 10.5 Å². The Morgan fingerprint density at radius 1 is 1.41 bits per heavy atom. The van der Waals surface area contributed by atoms with Gasteiger partial charge in [0.2, 0.25) is 5.88 Å². The number of aromatic nitrogens is 2. The largest absolute Gasteiger partial charge is 0.480 e. The Morgan fingerprint density at radius 2 is 2.32 bits per heavy atom. The number of nitrogens with one attached hydrogen (secondary N) is 1. The number of pyridine rings is 1. The van der Waals surface area contributed by atoms with Crippen LogP contribution in [0.1, 0.15) is 30.3 Å². The molecule has 1 saturated heterocycles. The number of piperidine rings is 1. The van der Waals surface area contributed by atoms with E-state index in [2.05, 4.69) is 15.3 Å². The van der Waals surface area contributed by atoms with Gasteiger partial charge in [0.1, 0.15) is 10.7 Å². The van der Waals surface area contributed by atoms with Crippen LogP contribution in [0.25, 0.3) is 0 Å². The molecule has 1 fully saturated rings. The highest BCUT2D eigenvalue weighted by atomic mass is 32.1. The molecule has 1 aliphatic heterocycles. The molecule has 2 aromatic rings. The summed E-state index contributed by atoms with van der Waals surface area (Å²) in [6.45, 7) is 0.735. The van der Waals surface area contributed by atoms with Crippen LogP contribution >= 0.6 is 11.3 Å². The molecule has 3 rings (SSSR count). The molecule has 116 valence electrons. The van der Waals surface area contributed by atoms with Crippen molar-refractivity contribution in [2.24, 2.45) is 0 Å². The maximum absolute atomic E-state index is 12.6. The summed E-state index contributed by atoms with van der Waals surface area (Å²) < 4.78 is 5.18. The molecule has 0 aliphatic carbocycles. The molecule has 7 heteroatoms. The fourth-order valence-electron chi connectivity index (χ4n) is 2.67. The molecule has 2 amide bonds. The van der Waals surface area contributed by atoms with Gasteiger partial charge in [0, 0.05) is 24.3 Å². The van der Waals surface area contributed by atoms with E-state index in [1.165, 1.54) is 7.11 Å². The minimum absolute atomic E-state index is 0.0522. The first-order valence-electron chi connectivity index (χ1n) is 7.25. The molecule has 6 nitrogen and oxygen atoms in total. The van der Waals surface area contributed by atoms with Gasteiger partial charge < -0.3 is 15.0 Å². The number of anilines is 1. The van der Waals surface area contributed by atoms with Gasteiger partial charge in [0.15, 0.2) is 0 Å². The zero-order valence-corrected chi connectivity index (χ0v) is 13.2. The van der Waals surface area contributed by atoms with Crippen molar-refractivity contribution in [3.05, 3.63) is 34.9 Å². The zero-order chi connectivity index (χ0) is 15.4. The Kier molecular flexibility index (Phi) is 4.53. The van der Waals surface area contributed by atoms with Crippen LogP contribution in [-0.2, 0) is 0 Å². The lowest BCUT2D eigenvalue weighted by atomic mass is 10.0. The van der Waals surface area contributed by atoms with Gasteiger partial charge in [-0.05, 0) is 31.4 Å². The van der Waals surface area contributed by atoms with Crippen molar-refractivity contribution in [1.29, 1.82) is 0 Å². The summed E-state index contributed by atoms with van der Waals surface area (Å²) in [6.07, 6.45) is 6.50. The van der Waals surface area contributed by atoms with E-state index in [9.17, 15) is 4.79 Å². The first-order valence-corrected chi connectivity index (χ1v) is 8.13. The smallest absolute Gasteiger partial charge is 0.322 e. The van der Waals surface area contributed by atoms with Gasteiger partial charge in [-0.3, -0.25) is 0 Å². The maximum atomic E-state index is 12.6. The fourth-order valence-corrected chi connectivity index (χ4v) is 3.45. The van der Waals surface area contributed by atoms with Crippen molar-refractivity contribution in [1.82, 2.24) is 14.9 Å². The molecular formula is C15H18N4O2S. The summed E-state index contributed by atoms with van der Waals surface area (Å²) in [6, 6.07) is 3.47. The van der Waals surface area contributed by atoms with Crippen LogP contribution in [0.5, 0.6) is 5.88 Å². The number of carbonyl (C=O) groups excluding carboxylic acids is 1. The number of nitrogens with zero attached hydrogens (tertiary/aromatic N) is 3. The third-order valence-electron chi connectivity index (χ3n) is 3.71. The van der Waals surface area contributed by atoms with E-state index >= 15 is 0 Å². The predicted octanol–water partition coefficient (Wildman–Crippen LogP) is 3.31. The fraction of sp³-hybridized carbons (Fsp3) is 0.400. The summed E-state index contributed by atoms with van der Waals surface area (Å²) in [5.74, 6) is 0.415. The summed E-state index contributed by atoms with van der Waals surface area (Å²) >= 11 is 1.59. The molecule has 22 heavy (non-hydrogen) atoms. The maximum Gasteiger partial charge on any atom is 0.322 e. The van der Waals surface area contributed by atoms with Crippen LogP contribution in [0.15, 0.2) is 29.9 Å². The van der Waals surface area contributed by atoms with Crippen molar-refractivity contribution in [2.75, 3.05) is 19.0 Å². The lowest BCUT2D eigenvalue weighted by molar-refractivity contribution is 0.163. The van der Waals surface area contributed by atoms with Crippen LogP contribution in [0.2, 0.25) is 0 Å². The van der Waals surface area contributed by atoms with Crippen LogP contribution in [0.3, 0.4) is 0 Å².